The van der Waals surface area contributed by atoms with E-state index in [9.17, 15) is 0 Å². The Labute approximate surface area is 135 Å². The van der Waals surface area contributed by atoms with Gasteiger partial charge in [0.05, 0.1) is 0 Å². The molecule has 2 aromatic carbocycles. The van der Waals surface area contributed by atoms with Crippen LogP contribution in [0.4, 0.5) is 0 Å². The monoisotopic (exact) mass is 310 g/mol. The number of aromatic nitrogens is 1. The van der Waals surface area contributed by atoms with Gasteiger partial charge in [-0.3, -0.25) is 0 Å². The summed E-state index contributed by atoms with van der Waals surface area (Å²) in [6.07, 6.45) is 3.61. The molecule has 3 heteroatoms. The van der Waals surface area contributed by atoms with E-state index in [1.165, 1.54) is 47.0 Å². The van der Waals surface area contributed by atoms with Gasteiger partial charge in [0.2, 0.25) is 0 Å². The average molecular weight is 311 g/mol. The molecule has 0 spiro atoms. The number of hydrogen-bond acceptors (Lipinski definition) is 1. The number of rotatable bonds is 3. The Morgan fingerprint density at radius 1 is 1.09 bits per heavy atom. The summed E-state index contributed by atoms with van der Waals surface area (Å²) in [6, 6.07) is 17.1. The smallest absolute Gasteiger partial charge is 0.0478 e. The van der Waals surface area contributed by atoms with Crippen LogP contribution in [-0.2, 0) is 13.0 Å². The van der Waals surface area contributed by atoms with Crippen molar-refractivity contribution in [2.45, 2.75) is 31.8 Å². The zero-order valence-electron chi connectivity index (χ0n) is 12.4. The van der Waals surface area contributed by atoms with Crippen molar-refractivity contribution in [3.8, 4) is 0 Å². The lowest BCUT2D eigenvalue weighted by Crippen LogP contribution is -2.24. The van der Waals surface area contributed by atoms with Gasteiger partial charge in [0.15, 0.2) is 0 Å². The highest BCUT2D eigenvalue weighted by molar-refractivity contribution is 6.30. The summed E-state index contributed by atoms with van der Waals surface area (Å²) < 4.78 is 0. The highest BCUT2D eigenvalue weighted by atomic mass is 35.5. The molecule has 0 saturated carbocycles. The first-order valence-corrected chi connectivity index (χ1v) is 8.26. The molecular weight excluding hydrogens is 292 g/mol. The molecule has 112 valence electrons. The lowest BCUT2D eigenvalue weighted by atomic mass is 9.91. The number of fused-ring (bicyclic) bond motifs is 3. The Hall–Kier alpha value is -1.77. The number of halogens is 1. The number of para-hydroxylation sites is 1. The van der Waals surface area contributed by atoms with Gasteiger partial charge >= 0.3 is 0 Å². The molecule has 1 heterocycles. The van der Waals surface area contributed by atoms with Crippen molar-refractivity contribution in [2.75, 3.05) is 0 Å². The number of H-pyrrole nitrogens is 1. The zero-order chi connectivity index (χ0) is 14.9. The van der Waals surface area contributed by atoms with Crippen molar-refractivity contribution in [3.63, 3.8) is 0 Å². The van der Waals surface area contributed by atoms with Crippen LogP contribution in [0.2, 0.25) is 5.02 Å². The van der Waals surface area contributed by atoms with Gasteiger partial charge in [0, 0.05) is 34.2 Å². The molecule has 0 aliphatic heterocycles. The second-order valence-electron chi connectivity index (χ2n) is 6.01. The van der Waals surface area contributed by atoms with Gasteiger partial charge in [-0.1, -0.05) is 41.9 Å². The van der Waals surface area contributed by atoms with Gasteiger partial charge in [-0.15, -0.1) is 0 Å². The van der Waals surface area contributed by atoms with Crippen LogP contribution >= 0.6 is 11.6 Å². The SMILES string of the molecule is Clc1ccc(CN[C@@H]2CCCc3c2[nH]c2ccccc32)cc1. The maximum Gasteiger partial charge on any atom is 0.0478 e. The molecule has 2 nitrogen and oxygen atoms in total. The molecule has 4 rings (SSSR count). The Morgan fingerprint density at radius 3 is 2.77 bits per heavy atom. The first-order valence-electron chi connectivity index (χ1n) is 7.88. The molecule has 0 fully saturated rings. The highest BCUT2D eigenvalue weighted by Gasteiger charge is 2.23. The van der Waals surface area contributed by atoms with Gasteiger partial charge in [-0.25, -0.2) is 0 Å². The fourth-order valence-electron chi connectivity index (χ4n) is 3.46. The minimum atomic E-state index is 0.409. The molecule has 2 N–H and O–H groups in total. The van der Waals surface area contributed by atoms with E-state index in [1.54, 1.807) is 0 Å². The second kappa shape index (κ2) is 5.79. The van der Waals surface area contributed by atoms with Crippen LogP contribution in [0.3, 0.4) is 0 Å². The molecular formula is C19H19ClN2. The molecule has 0 bridgehead atoms. The van der Waals surface area contributed by atoms with E-state index in [-0.39, 0.29) is 0 Å². The van der Waals surface area contributed by atoms with Crippen molar-refractivity contribution in [2.24, 2.45) is 0 Å². The van der Waals surface area contributed by atoms with E-state index in [0.29, 0.717) is 6.04 Å². The first-order chi connectivity index (χ1) is 10.8. The van der Waals surface area contributed by atoms with E-state index in [0.717, 1.165) is 11.6 Å². The summed E-state index contributed by atoms with van der Waals surface area (Å²) in [4.78, 5) is 3.63. The van der Waals surface area contributed by atoms with E-state index in [1.807, 2.05) is 12.1 Å². The molecule has 0 unspecified atom stereocenters. The Bertz CT molecular complexity index is 789. The fourth-order valence-corrected chi connectivity index (χ4v) is 3.59. The second-order valence-corrected chi connectivity index (χ2v) is 6.45. The van der Waals surface area contributed by atoms with Gasteiger partial charge in [0.25, 0.3) is 0 Å². The third-order valence-electron chi connectivity index (χ3n) is 4.58. The number of benzene rings is 2. The molecule has 1 aliphatic carbocycles. The minimum absolute atomic E-state index is 0.409. The quantitative estimate of drug-likeness (QED) is 0.701. The molecule has 1 aromatic heterocycles. The lowest BCUT2D eigenvalue weighted by Gasteiger charge is -2.24. The predicted octanol–water partition coefficient (Wildman–Crippen LogP) is 4.99. The van der Waals surface area contributed by atoms with Crippen molar-refractivity contribution in [3.05, 3.63) is 70.4 Å². The number of nitrogens with one attached hydrogen (secondary N) is 2. The van der Waals surface area contributed by atoms with Gasteiger partial charge in [-0.05, 0) is 48.6 Å². The molecule has 0 saturated heterocycles. The summed E-state index contributed by atoms with van der Waals surface area (Å²) in [6.45, 7) is 0.872. The Balaban J connectivity index is 1.58. The summed E-state index contributed by atoms with van der Waals surface area (Å²) in [5.41, 5.74) is 5.40. The molecule has 22 heavy (non-hydrogen) atoms. The third kappa shape index (κ3) is 2.53. The number of hydrogen-bond donors (Lipinski definition) is 2. The van der Waals surface area contributed by atoms with Crippen LogP contribution in [0.5, 0.6) is 0 Å². The molecule has 3 aromatic rings. The summed E-state index contributed by atoms with van der Waals surface area (Å²) in [7, 11) is 0. The van der Waals surface area contributed by atoms with E-state index >= 15 is 0 Å². The minimum Gasteiger partial charge on any atom is -0.357 e. The van der Waals surface area contributed by atoms with Crippen molar-refractivity contribution < 1.29 is 0 Å². The first kappa shape index (κ1) is 13.9. The van der Waals surface area contributed by atoms with Crippen molar-refractivity contribution in [1.29, 1.82) is 0 Å². The van der Waals surface area contributed by atoms with Crippen LogP contribution in [0.1, 0.15) is 35.7 Å². The van der Waals surface area contributed by atoms with E-state index in [2.05, 4.69) is 46.7 Å². The number of aryl methyl sites for hydroxylation is 1. The topological polar surface area (TPSA) is 27.8 Å². The molecule has 0 radical (unpaired) electrons. The average Bonchev–Trinajstić information content (AvgIpc) is 2.94. The lowest BCUT2D eigenvalue weighted by molar-refractivity contribution is 0.452. The van der Waals surface area contributed by atoms with Crippen LogP contribution in [0, 0.1) is 0 Å². The predicted molar refractivity (Wildman–Crippen MR) is 92.3 cm³/mol. The Kier molecular flexibility index (Phi) is 3.65. The fraction of sp³-hybridized carbons (Fsp3) is 0.263. The molecule has 1 aliphatic rings. The van der Waals surface area contributed by atoms with Crippen molar-refractivity contribution >= 4 is 22.5 Å². The van der Waals surface area contributed by atoms with Crippen LogP contribution in [-0.4, -0.2) is 4.98 Å². The maximum atomic E-state index is 5.95. The molecule has 1 atom stereocenters. The highest BCUT2D eigenvalue weighted by Crippen LogP contribution is 2.34. The largest absolute Gasteiger partial charge is 0.357 e. The van der Waals surface area contributed by atoms with Gasteiger partial charge in [0.1, 0.15) is 0 Å². The van der Waals surface area contributed by atoms with E-state index < -0.39 is 0 Å². The Morgan fingerprint density at radius 2 is 1.91 bits per heavy atom. The van der Waals surface area contributed by atoms with Crippen molar-refractivity contribution in [1.82, 2.24) is 10.3 Å². The summed E-state index contributed by atoms with van der Waals surface area (Å²) in [5.74, 6) is 0. The van der Waals surface area contributed by atoms with Crippen LogP contribution in [0.25, 0.3) is 10.9 Å². The molecule has 0 amide bonds. The summed E-state index contributed by atoms with van der Waals surface area (Å²) in [5, 5.41) is 5.88. The van der Waals surface area contributed by atoms with E-state index in [4.69, 9.17) is 11.6 Å². The zero-order valence-corrected chi connectivity index (χ0v) is 13.2. The van der Waals surface area contributed by atoms with Gasteiger partial charge < -0.3 is 10.3 Å². The third-order valence-corrected chi connectivity index (χ3v) is 4.83. The maximum absolute atomic E-state index is 5.95. The van der Waals surface area contributed by atoms with Crippen LogP contribution in [0.15, 0.2) is 48.5 Å². The standard InChI is InChI=1S/C19H19ClN2/c20-14-10-8-13(9-11-14)12-21-18-7-3-5-16-15-4-1-2-6-17(15)22-19(16)18/h1-2,4,6,8-11,18,21-22H,3,5,7,12H2/t18-/m1/s1. The number of aromatic amines is 1. The van der Waals surface area contributed by atoms with Gasteiger partial charge in [-0.2, -0.15) is 0 Å². The summed E-state index contributed by atoms with van der Waals surface area (Å²) >= 11 is 5.95. The van der Waals surface area contributed by atoms with Crippen LogP contribution < -0.4 is 5.32 Å². The normalized spacial score (nSPS) is 17.6.